The van der Waals surface area contributed by atoms with E-state index in [2.05, 4.69) is 15.3 Å². The minimum Gasteiger partial charge on any atom is -0.321 e. The minimum atomic E-state index is -3.15. The zero-order chi connectivity index (χ0) is 17.9. The van der Waals surface area contributed by atoms with E-state index in [-0.39, 0.29) is 22.4 Å². The fourth-order valence-corrected chi connectivity index (χ4v) is 3.01. The minimum absolute atomic E-state index is 0.0619. The van der Waals surface area contributed by atoms with E-state index >= 15 is 0 Å². The molecule has 128 valence electrons. The quantitative estimate of drug-likeness (QED) is 0.877. The summed E-state index contributed by atoms with van der Waals surface area (Å²) in [5.41, 5.74) is 1.15. The number of rotatable bonds is 5. The van der Waals surface area contributed by atoms with Crippen LogP contribution in [0.3, 0.4) is 0 Å². The van der Waals surface area contributed by atoms with Gasteiger partial charge in [0.1, 0.15) is 5.82 Å². The molecule has 0 aliphatic heterocycles. The molecule has 0 saturated heterocycles. The fraction of sp³-hybridized carbons (Fsp3) is 0.312. The van der Waals surface area contributed by atoms with Crippen molar-refractivity contribution in [3.8, 4) is 0 Å². The van der Waals surface area contributed by atoms with E-state index in [1.165, 1.54) is 6.20 Å². The number of amides is 1. The van der Waals surface area contributed by atoms with Gasteiger partial charge in [-0.1, -0.05) is 37.6 Å². The third-order valence-electron chi connectivity index (χ3n) is 3.11. The summed E-state index contributed by atoms with van der Waals surface area (Å²) in [7, 11) is -3.15. The second kappa shape index (κ2) is 7.27. The molecule has 1 aromatic heterocycles. The van der Waals surface area contributed by atoms with Crippen LogP contribution < -0.4 is 5.32 Å². The van der Waals surface area contributed by atoms with Crippen molar-refractivity contribution < 1.29 is 13.2 Å². The number of benzene rings is 1. The van der Waals surface area contributed by atoms with Crippen molar-refractivity contribution in [2.45, 2.75) is 25.5 Å². The standard InChI is InChI=1S/C16H18ClN3O3S/c1-10(2)15-18-8-13(17)14(20-15)16(21)19-12-6-4-5-11(7-12)9-24(3,22)23/h4-8,10H,9H2,1-3H3,(H,19,21). The van der Waals surface area contributed by atoms with Crippen LogP contribution in [0.1, 0.15) is 41.6 Å². The Morgan fingerprint density at radius 3 is 2.67 bits per heavy atom. The summed E-state index contributed by atoms with van der Waals surface area (Å²) in [6.07, 6.45) is 2.56. The number of hydrogen-bond donors (Lipinski definition) is 1. The molecule has 6 nitrogen and oxygen atoms in total. The van der Waals surface area contributed by atoms with E-state index in [1.807, 2.05) is 13.8 Å². The molecule has 0 radical (unpaired) electrons. The molecule has 0 aliphatic carbocycles. The summed E-state index contributed by atoms with van der Waals surface area (Å²) in [6.45, 7) is 3.83. The molecule has 0 spiro atoms. The molecule has 2 aromatic rings. The predicted octanol–water partition coefficient (Wildman–Crippen LogP) is 3.05. The molecule has 24 heavy (non-hydrogen) atoms. The van der Waals surface area contributed by atoms with Crippen LogP contribution in [-0.4, -0.2) is 30.5 Å². The van der Waals surface area contributed by atoms with Crippen molar-refractivity contribution in [2.24, 2.45) is 0 Å². The van der Waals surface area contributed by atoms with Gasteiger partial charge in [0.2, 0.25) is 0 Å². The molecule has 1 heterocycles. The third-order valence-corrected chi connectivity index (χ3v) is 4.24. The van der Waals surface area contributed by atoms with Crippen molar-refractivity contribution in [1.82, 2.24) is 9.97 Å². The van der Waals surface area contributed by atoms with Gasteiger partial charge in [-0.3, -0.25) is 4.79 Å². The molecular weight excluding hydrogens is 350 g/mol. The lowest BCUT2D eigenvalue weighted by molar-refractivity contribution is 0.102. The summed E-state index contributed by atoms with van der Waals surface area (Å²) in [4.78, 5) is 20.7. The molecule has 1 amide bonds. The Kier molecular flexibility index (Phi) is 5.56. The van der Waals surface area contributed by atoms with E-state index < -0.39 is 15.7 Å². The summed E-state index contributed by atoms with van der Waals surface area (Å²) < 4.78 is 22.8. The van der Waals surface area contributed by atoms with Crippen LogP contribution in [0.4, 0.5) is 5.69 Å². The van der Waals surface area contributed by atoms with Gasteiger partial charge in [0.15, 0.2) is 15.5 Å². The number of aromatic nitrogens is 2. The van der Waals surface area contributed by atoms with Crippen molar-refractivity contribution in [3.05, 3.63) is 52.6 Å². The van der Waals surface area contributed by atoms with Gasteiger partial charge in [0, 0.05) is 17.9 Å². The van der Waals surface area contributed by atoms with Crippen molar-refractivity contribution in [2.75, 3.05) is 11.6 Å². The number of halogens is 1. The highest BCUT2D eigenvalue weighted by Crippen LogP contribution is 2.19. The summed E-state index contributed by atoms with van der Waals surface area (Å²) >= 11 is 6.02. The largest absolute Gasteiger partial charge is 0.321 e. The van der Waals surface area contributed by atoms with Crippen LogP contribution in [0.2, 0.25) is 5.02 Å². The molecule has 0 aliphatic rings. The number of nitrogens with one attached hydrogen (secondary N) is 1. The second-order valence-corrected chi connectivity index (χ2v) is 8.35. The average molecular weight is 368 g/mol. The second-order valence-electron chi connectivity index (χ2n) is 5.80. The molecule has 1 N–H and O–H groups in total. The lowest BCUT2D eigenvalue weighted by Crippen LogP contribution is -2.16. The molecule has 2 rings (SSSR count). The Morgan fingerprint density at radius 1 is 1.33 bits per heavy atom. The van der Waals surface area contributed by atoms with Gasteiger partial charge in [-0.2, -0.15) is 0 Å². The number of anilines is 1. The summed E-state index contributed by atoms with van der Waals surface area (Å²) in [6, 6.07) is 6.64. The van der Waals surface area contributed by atoms with Crippen molar-refractivity contribution in [1.29, 1.82) is 0 Å². The van der Waals surface area contributed by atoms with Gasteiger partial charge in [-0.25, -0.2) is 18.4 Å². The molecule has 0 bridgehead atoms. The highest BCUT2D eigenvalue weighted by atomic mass is 35.5. The highest BCUT2D eigenvalue weighted by Gasteiger charge is 2.16. The fourth-order valence-electron chi connectivity index (χ4n) is 2.05. The predicted molar refractivity (Wildman–Crippen MR) is 94.1 cm³/mol. The smallest absolute Gasteiger partial charge is 0.275 e. The highest BCUT2D eigenvalue weighted by molar-refractivity contribution is 7.89. The number of hydrogen-bond acceptors (Lipinski definition) is 5. The summed E-state index contributed by atoms with van der Waals surface area (Å²) in [5.74, 6) is 0.0192. The van der Waals surface area contributed by atoms with Crippen LogP contribution in [0, 0.1) is 0 Å². The van der Waals surface area contributed by atoms with Gasteiger partial charge in [0.25, 0.3) is 5.91 Å². The zero-order valence-electron chi connectivity index (χ0n) is 13.6. The van der Waals surface area contributed by atoms with E-state index in [4.69, 9.17) is 11.6 Å². The maximum Gasteiger partial charge on any atom is 0.275 e. The molecule has 8 heteroatoms. The lowest BCUT2D eigenvalue weighted by Gasteiger charge is -2.10. The molecule has 0 atom stereocenters. The monoisotopic (exact) mass is 367 g/mol. The van der Waals surface area contributed by atoms with E-state index in [1.54, 1.807) is 24.3 Å². The Morgan fingerprint density at radius 2 is 2.04 bits per heavy atom. The number of sulfone groups is 1. The topological polar surface area (TPSA) is 89.0 Å². The summed E-state index contributed by atoms with van der Waals surface area (Å²) in [5, 5.41) is 2.84. The van der Waals surface area contributed by atoms with Gasteiger partial charge in [-0.05, 0) is 17.7 Å². The van der Waals surface area contributed by atoms with Crippen LogP contribution in [0.15, 0.2) is 30.5 Å². The van der Waals surface area contributed by atoms with Gasteiger partial charge in [-0.15, -0.1) is 0 Å². The first-order chi connectivity index (χ1) is 11.2. The SMILES string of the molecule is CC(C)c1ncc(Cl)c(C(=O)Nc2cccc(CS(C)(=O)=O)c2)n1. The maximum atomic E-state index is 12.4. The first-order valence-electron chi connectivity index (χ1n) is 7.26. The molecule has 0 fully saturated rings. The van der Waals surface area contributed by atoms with Gasteiger partial charge in [0.05, 0.1) is 17.0 Å². The number of nitrogens with zero attached hydrogens (tertiary/aromatic N) is 2. The van der Waals surface area contributed by atoms with Crippen LogP contribution in [-0.2, 0) is 15.6 Å². The van der Waals surface area contributed by atoms with Crippen molar-refractivity contribution >= 4 is 33.0 Å². The van der Waals surface area contributed by atoms with E-state index in [0.29, 0.717) is 17.1 Å². The first kappa shape index (κ1) is 18.4. The Bertz CT molecular complexity index is 867. The van der Waals surface area contributed by atoms with Gasteiger partial charge >= 0.3 is 0 Å². The first-order valence-corrected chi connectivity index (χ1v) is 9.70. The van der Waals surface area contributed by atoms with Crippen LogP contribution >= 0.6 is 11.6 Å². The van der Waals surface area contributed by atoms with Crippen LogP contribution in [0.5, 0.6) is 0 Å². The van der Waals surface area contributed by atoms with E-state index in [0.717, 1.165) is 6.26 Å². The Balaban J connectivity index is 2.24. The third kappa shape index (κ3) is 5.01. The molecule has 0 saturated carbocycles. The normalized spacial score (nSPS) is 11.5. The number of carbonyl (C=O) groups excluding carboxylic acids is 1. The van der Waals surface area contributed by atoms with Crippen molar-refractivity contribution in [3.63, 3.8) is 0 Å². The zero-order valence-corrected chi connectivity index (χ0v) is 15.1. The molecular formula is C16H18ClN3O3S. The van der Waals surface area contributed by atoms with Gasteiger partial charge < -0.3 is 5.32 Å². The lowest BCUT2D eigenvalue weighted by atomic mass is 10.2. The number of carbonyl (C=O) groups is 1. The Labute approximate surface area is 146 Å². The van der Waals surface area contributed by atoms with E-state index in [9.17, 15) is 13.2 Å². The average Bonchev–Trinajstić information content (AvgIpc) is 2.45. The molecule has 1 aromatic carbocycles. The molecule has 0 unspecified atom stereocenters. The van der Waals surface area contributed by atoms with Crippen LogP contribution in [0.25, 0.3) is 0 Å². The maximum absolute atomic E-state index is 12.4. The Hall–Kier alpha value is -1.99.